The van der Waals surface area contributed by atoms with Crippen molar-refractivity contribution in [3.63, 3.8) is 0 Å². The van der Waals surface area contributed by atoms with Crippen LogP contribution >= 0.6 is 0 Å². The molecule has 162 valence electrons. The maximum absolute atomic E-state index is 11.0. The first kappa shape index (κ1) is 21.2. The highest BCUT2D eigenvalue weighted by atomic mass is 16.3. The Kier molecular flexibility index (Phi) is 7.09. The summed E-state index contributed by atoms with van der Waals surface area (Å²) in [6.45, 7) is 4.62. The van der Waals surface area contributed by atoms with E-state index in [0.29, 0.717) is 23.7 Å². The minimum absolute atomic E-state index is 0.0694. The van der Waals surface area contributed by atoms with E-state index in [0.717, 1.165) is 23.7 Å². The summed E-state index contributed by atoms with van der Waals surface area (Å²) in [6.07, 6.45) is 18.6. The van der Waals surface area contributed by atoms with Crippen LogP contribution in [0.3, 0.4) is 0 Å². The van der Waals surface area contributed by atoms with Gasteiger partial charge in [-0.3, -0.25) is 0 Å². The lowest BCUT2D eigenvalue weighted by Gasteiger charge is -2.49. The molecule has 0 bridgehead atoms. The molecule has 8 unspecified atom stereocenters. The highest BCUT2D eigenvalue weighted by molar-refractivity contribution is 4.95. The molecule has 4 fully saturated rings. The largest absolute Gasteiger partial charge is 0.393 e. The molecule has 0 aromatic heterocycles. The minimum atomic E-state index is -0.0694. The molecule has 4 aliphatic carbocycles. The second-order valence-corrected chi connectivity index (χ2v) is 11.5. The van der Waals surface area contributed by atoms with Crippen molar-refractivity contribution in [3.05, 3.63) is 0 Å². The number of hydrogen-bond acceptors (Lipinski definition) is 2. The topological polar surface area (TPSA) is 40.5 Å². The molecule has 4 saturated carbocycles. The molecule has 4 aliphatic rings. The van der Waals surface area contributed by atoms with Gasteiger partial charge in [0, 0.05) is 0 Å². The van der Waals surface area contributed by atoms with Crippen molar-refractivity contribution in [2.75, 3.05) is 0 Å². The number of hydrogen-bond donors (Lipinski definition) is 2. The summed E-state index contributed by atoms with van der Waals surface area (Å²) in [5.41, 5.74) is 0. The first-order chi connectivity index (χ1) is 13.5. The molecular formula is C26H46O2. The average molecular weight is 391 g/mol. The van der Waals surface area contributed by atoms with Crippen LogP contribution in [0.15, 0.2) is 0 Å². The van der Waals surface area contributed by atoms with Crippen molar-refractivity contribution in [1.82, 2.24) is 0 Å². The van der Waals surface area contributed by atoms with E-state index in [-0.39, 0.29) is 12.2 Å². The van der Waals surface area contributed by atoms with Crippen LogP contribution < -0.4 is 0 Å². The summed E-state index contributed by atoms with van der Waals surface area (Å²) in [6, 6.07) is 0. The van der Waals surface area contributed by atoms with E-state index in [1.807, 2.05) is 0 Å². The highest BCUT2D eigenvalue weighted by Gasteiger charge is 2.45. The van der Waals surface area contributed by atoms with Crippen LogP contribution in [-0.4, -0.2) is 22.4 Å². The molecule has 0 spiro atoms. The number of rotatable bonds is 3. The van der Waals surface area contributed by atoms with Crippen molar-refractivity contribution in [2.45, 2.75) is 116 Å². The zero-order chi connectivity index (χ0) is 19.7. The second-order valence-electron chi connectivity index (χ2n) is 11.5. The van der Waals surface area contributed by atoms with E-state index in [2.05, 4.69) is 13.8 Å². The van der Waals surface area contributed by atoms with Crippen LogP contribution in [0.5, 0.6) is 0 Å². The highest BCUT2D eigenvalue weighted by Crippen LogP contribution is 2.51. The van der Waals surface area contributed by atoms with Gasteiger partial charge >= 0.3 is 0 Å². The predicted molar refractivity (Wildman–Crippen MR) is 116 cm³/mol. The maximum Gasteiger partial charge on any atom is 0.0596 e. The Labute approximate surface area is 173 Å². The molecule has 0 aromatic carbocycles. The molecule has 2 nitrogen and oxygen atoms in total. The quantitative estimate of drug-likeness (QED) is 0.603. The van der Waals surface area contributed by atoms with Crippen LogP contribution in [0.25, 0.3) is 0 Å². The number of aliphatic hydroxyl groups excluding tert-OH is 2. The molecule has 0 aromatic rings. The van der Waals surface area contributed by atoms with Crippen LogP contribution in [0, 0.1) is 47.3 Å². The summed E-state index contributed by atoms with van der Waals surface area (Å²) in [4.78, 5) is 0. The van der Waals surface area contributed by atoms with Gasteiger partial charge in [-0.1, -0.05) is 78.1 Å². The van der Waals surface area contributed by atoms with Crippen molar-refractivity contribution < 1.29 is 10.2 Å². The lowest BCUT2D eigenvalue weighted by molar-refractivity contribution is -0.0753. The Morgan fingerprint density at radius 2 is 0.821 bits per heavy atom. The van der Waals surface area contributed by atoms with Crippen LogP contribution in [0.4, 0.5) is 0 Å². The molecular weight excluding hydrogens is 344 g/mol. The minimum Gasteiger partial charge on any atom is -0.393 e. The predicted octanol–water partition coefficient (Wildman–Crippen LogP) is 6.19. The first-order valence-electron chi connectivity index (χ1n) is 12.9. The van der Waals surface area contributed by atoms with Crippen molar-refractivity contribution in [1.29, 1.82) is 0 Å². The zero-order valence-corrected chi connectivity index (χ0v) is 18.6. The van der Waals surface area contributed by atoms with E-state index in [4.69, 9.17) is 0 Å². The van der Waals surface area contributed by atoms with Gasteiger partial charge in [0.1, 0.15) is 0 Å². The van der Waals surface area contributed by atoms with Gasteiger partial charge in [-0.15, -0.1) is 0 Å². The lowest BCUT2D eigenvalue weighted by atomic mass is 9.58. The molecule has 0 heterocycles. The van der Waals surface area contributed by atoms with Crippen molar-refractivity contribution in [3.8, 4) is 0 Å². The third kappa shape index (κ3) is 4.48. The van der Waals surface area contributed by atoms with E-state index in [9.17, 15) is 10.2 Å². The molecule has 0 saturated heterocycles. The summed E-state index contributed by atoms with van der Waals surface area (Å²) in [5, 5.41) is 22.0. The van der Waals surface area contributed by atoms with Gasteiger partial charge in [-0.2, -0.15) is 0 Å². The SMILES string of the molecule is CC1CC(C2CC(C)C(O)C(C3CCCCC3)C2)CC(C2CCCCC2)C1O. The Hall–Kier alpha value is -0.0800. The molecule has 0 aliphatic heterocycles. The van der Waals surface area contributed by atoms with Crippen LogP contribution in [0.2, 0.25) is 0 Å². The van der Waals surface area contributed by atoms with Gasteiger partial charge in [0.2, 0.25) is 0 Å². The van der Waals surface area contributed by atoms with Crippen LogP contribution in [-0.2, 0) is 0 Å². The Bertz CT molecular complexity index is 435. The maximum atomic E-state index is 11.0. The smallest absolute Gasteiger partial charge is 0.0596 e. The van der Waals surface area contributed by atoms with E-state index in [1.165, 1.54) is 89.9 Å². The molecule has 2 heteroatoms. The van der Waals surface area contributed by atoms with Gasteiger partial charge < -0.3 is 10.2 Å². The second kappa shape index (κ2) is 9.38. The van der Waals surface area contributed by atoms with E-state index >= 15 is 0 Å². The third-order valence-corrected chi connectivity index (χ3v) is 9.72. The summed E-state index contributed by atoms with van der Waals surface area (Å²) in [7, 11) is 0. The van der Waals surface area contributed by atoms with E-state index in [1.54, 1.807) is 0 Å². The molecule has 0 amide bonds. The molecule has 2 N–H and O–H groups in total. The normalized spacial score (nSPS) is 47.1. The molecule has 4 rings (SSSR count). The average Bonchev–Trinajstić information content (AvgIpc) is 2.73. The third-order valence-electron chi connectivity index (χ3n) is 9.72. The Balaban J connectivity index is 1.45. The van der Waals surface area contributed by atoms with Crippen molar-refractivity contribution >= 4 is 0 Å². The summed E-state index contributed by atoms with van der Waals surface area (Å²) >= 11 is 0. The molecule has 0 radical (unpaired) electrons. The van der Waals surface area contributed by atoms with Gasteiger partial charge in [0.05, 0.1) is 12.2 Å². The van der Waals surface area contributed by atoms with Gasteiger partial charge in [-0.05, 0) is 73.0 Å². The summed E-state index contributed by atoms with van der Waals surface area (Å²) < 4.78 is 0. The van der Waals surface area contributed by atoms with Crippen LogP contribution in [0.1, 0.15) is 104 Å². The molecule has 28 heavy (non-hydrogen) atoms. The fourth-order valence-corrected chi connectivity index (χ4v) is 8.09. The standard InChI is InChI=1S/C26H46O2/c1-17-13-21(15-23(25(17)27)19-9-5-3-6-10-19)22-14-18(2)26(28)24(16-22)20-11-7-4-8-12-20/h17-28H,3-16H2,1-2H3. The fourth-order valence-electron chi connectivity index (χ4n) is 8.09. The fraction of sp³-hybridized carbons (Fsp3) is 1.00. The van der Waals surface area contributed by atoms with Gasteiger partial charge in [0.15, 0.2) is 0 Å². The van der Waals surface area contributed by atoms with Crippen molar-refractivity contribution in [2.24, 2.45) is 47.3 Å². The Morgan fingerprint density at radius 3 is 1.18 bits per heavy atom. The summed E-state index contributed by atoms with van der Waals surface area (Å²) in [5.74, 6) is 5.12. The molecule has 8 atom stereocenters. The zero-order valence-electron chi connectivity index (χ0n) is 18.6. The monoisotopic (exact) mass is 390 g/mol. The number of aliphatic hydroxyl groups is 2. The first-order valence-corrected chi connectivity index (χ1v) is 12.9. The van der Waals surface area contributed by atoms with E-state index < -0.39 is 0 Å². The van der Waals surface area contributed by atoms with Gasteiger partial charge in [0.25, 0.3) is 0 Å². The lowest BCUT2D eigenvalue weighted by Crippen LogP contribution is -2.46. The van der Waals surface area contributed by atoms with Gasteiger partial charge in [-0.25, -0.2) is 0 Å². The Morgan fingerprint density at radius 1 is 0.464 bits per heavy atom.